The highest BCUT2D eigenvalue weighted by atomic mass is 28.3. The maximum Gasteiger partial charge on any atom is 0.329 e. The number of carbonyl (C=O) groups excluding carboxylic acids is 2. The summed E-state index contributed by atoms with van der Waals surface area (Å²) in [4.78, 5) is 28.0. The van der Waals surface area contributed by atoms with Crippen molar-refractivity contribution in [1.29, 1.82) is 0 Å². The number of esters is 1. The molecule has 0 spiro atoms. The maximum atomic E-state index is 12.2. The van der Waals surface area contributed by atoms with Crippen LogP contribution >= 0.6 is 0 Å². The predicted molar refractivity (Wildman–Crippen MR) is 97.1 cm³/mol. The summed E-state index contributed by atoms with van der Waals surface area (Å²) in [5.74, 6) is 2.24. The van der Waals surface area contributed by atoms with Crippen molar-refractivity contribution >= 4 is 20.0 Å². The molecule has 0 radical (unpaired) electrons. The van der Waals surface area contributed by atoms with E-state index < -0.39 is 20.1 Å². The summed E-state index contributed by atoms with van der Waals surface area (Å²) in [6.45, 7) is 10.9. The second kappa shape index (κ2) is 8.11. The lowest BCUT2D eigenvalue weighted by Crippen LogP contribution is -2.41. The van der Waals surface area contributed by atoms with E-state index in [0.717, 1.165) is 0 Å². The molecule has 24 heavy (non-hydrogen) atoms. The Kier molecular flexibility index (Phi) is 6.73. The molecule has 130 valence electrons. The summed E-state index contributed by atoms with van der Waals surface area (Å²) in [6.07, 6.45) is 3.29. The number of ether oxygens (including phenoxy) is 1. The quantitative estimate of drug-likeness (QED) is 0.517. The zero-order valence-corrected chi connectivity index (χ0v) is 16.3. The van der Waals surface area contributed by atoms with Crippen LogP contribution in [0.5, 0.6) is 0 Å². The number of carbonyl (C=O) groups is 2. The molecular weight excluding hydrogens is 320 g/mol. The number of hydrogen-bond donors (Lipinski definition) is 1. The molecule has 1 aromatic rings. The fourth-order valence-corrected chi connectivity index (χ4v) is 2.56. The zero-order chi connectivity index (χ0) is 18.4. The second-order valence-corrected chi connectivity index (χ2v) is 12.2. The van der Waals surface area contributed by atoms with Crippen molar-refractivity contribution in [3.8, 4) is 11.5 Å². The summed E-state index contributed by atoms with van der Waals surface area (Å²) in [7, 11) is -0.454. The minimum absolute atomic E-state index is 0.140. The Bertz CT molecular complexity index is 640. The Hall–Kier alpha value is -2.13. The minimum Gasteiger partial charge on any atom is -0.467 e. The lowest BCUT2D eigenvalue weighted by atomic mass is 10.2. The normalized spacial score (nSPS) is 12.6. The van der Waals surface area contributed by atoms with Gasteiger partial charge in [0.25, 0.3) is 5.91 Å². The van der Waals surface area contributed by atoms with Crippen LogP contribution in [-0.2, 0) is 9.53 Å². The molecule has 0 fully saturated rings. The molecule has 0 saturated carbocycles. The molecule has 0 aliphatic rings. The summed E-state index contributed by atoms with van der Waals surface area (Å²) in [5, 5.41) is 2.82. The lowest BCUT2D eigenvalue weighted by Gasteiger charge is -2.31. The highest BCUT2D eigenvalue weighted by molar-refractivity contribution is 6.87. The highest BCUT2D eigenvalue weighted by Gasteiger charge is 2.33. The first kappa shape index (κ1) is 19.9. The van der Waals surface area contributed by atoms with Gasteiger partial charge in [-0.3, -0.25) is 9.78 Å². The van der Waals surface area contributed by atoms with Crippen molar-refractivity contribution in [2.45, 2.75) is 51.4 Å². The number of aromatic nitrogens is 1. The third-order valence-corrected chi connectivity index (χ3v) is 8.87. The van der Waals surface area contributed by atoms with Gasteiger partial charge >= 0.3 is 5.97 Å². The predicted octanol–water partition coefficient (Wildman–Crippen LogP) is 2.79. The van der Waals surface area contributed by atoms with Gasteiger partial charge in [0, 0.05) is 24.4 Å². The number of pyridine rings is 1. The number of hydrogen-bond acceptors (Lipinski definition) is 4. The van der Waals surface area contributed by atoms with Gasteiger partial charge in [-0.2, -0.15) is 0 Å². The van der Waals surface area contributed by atoms with Gasteiger partial charge in [-0.05, 0) is 17.2 Å². The van der Waals surface area contributed by atoms with Gasteiger partial charge in [-0.1, -0.05) is 33.9 Å². The first-order chi connectivity index (χ1) is 11.1. The maximum absolute atomic E-state index is 12.2. The molecule has 0 unspecified atom stereocenters. The van der Waals surface area contributed by atoms with Crippen LogP contribution in [0.1, 0.15) is 37.6 Å². The number of rotatable bonds is 4. The molecule has 0 saturated heterocycles. The first-order valence-electron chi connectivity index (χ1n) is 7.87. The van der Waals surface area contributed by atoms with E-state index in [1.54, 1.807) is 12.1 Å². The van der Waals surface area contributed by atoms with E-state index in [4.69, 9.17) is 4.74 Å². The van der Waals surface area contributed by atoms with Crippen LogP contribution in [-0.4, -0.2) is 38.1 Å². The van der Waals surface area contributed by atoms with E-state index in [1.165, 1.54) is 19.5 Å². The van der Waals surface area contributed by atoms with Crippen molar-refractivity contribution in [2.24, 2.45) is 0 Å². The number of nitrogens with one attached hydrogen (secondary N) is 1. The molecule has 6 heteroatoms. The number of amides is 1. The van der Waals surface area contributed by atoms with Crippen LogP contribution < -0.4 is 5.32 Å². The summed E-state index contributed by atoms with van der Waals surface area (Å²) >= 11 is 0. The Labute approximate surface area is 145 Å². The molecule has 1 rings (SSSR count). The van der Waals surface area contributed by atoms with Crippen LogP contribution in [0.25, 0.3) is 0 Å². The standard InChI is InChI=1S/C18H26N2O3Si/c1-18(2,3)24(5,6)13-7-8-15(17(22)23-4)20-16(21)14-9-11-19-12-10-14/h9-12,15H,8H2,1-6H3,(H,20,21)/t15-/m1/s1. The third-order valence-electron chi connectivity index (χ3n) is 4.32. The van der Waals surface area contributed by atoms with Crippen LogP contribution in [0.2, 0.25) is 18.1 Å². The second-order valence-electron chi connectivity index (χ2n) is 7.17. The fraction of sp³-hybridized carbons (Fsp3) is 0.500. The topological polar surface area (TPSA) is 68.3 Å². The van der Waals surface area contributed by atoms with E-state index in [9.17, 15) is 9.59 Å². The highest BCUT2D eigenvalue weighted by Crippen LogP contribution is 2.35. The largest absolute Gasteiger partial charge is 0.467 e. The Morgan fingerprint density at radius 1 is 1.29 bits per heavy atom. The van der Waals surface area contributed by atoms with Gasteiger partial charge in [0.1, 0.15) is 14.1 Å². The molecule has 0 aliphatic heterocycles. The van der Waals surface area contributed by atoms with Crippen LogP contribution in [0.3, 0.4) is 0 Å². The van der Waals surface area contributed by atoms with Gasteiger partial charge in [0.2, 0.25) is 0 Å². The van der Waals surface area contributed by atoms with E-state index >= 15 is 0 Å². The molecule has 1 N–H and O–H groups in total. The molecule has 1 amide bonds. The number of methoxy groups -OCH3 is 1. The van der Waals surface area contributed by atoms with Crippen LogP contribution in [0.15, 0.2) is 24.5 Å². The molecule has 1 heterocycles. The average Bonchev–Trinajstić information content (AvgIpc) is 2.52. The molecule has 0 aromatic carbocycles. The van der Waals surface area contributed by atoms with E-state index in [2.05, 4.69) is 55.6 Å². The minimum atomic E-state index is -1.75. The monoisotopic (exact) mass is 346 g/mol. The molecule has 5 nitrogen and oxygen atoms in total. The summed E-state index contributed by atoms with van der Waals surface area (Å²) in [6, 6.07) is 2.39. The molecule has 1 aromatic heterocycles. The Morgan fingerprint density at radius 2 is 1.88 bits per heavy atom. The van der Waals surface area contributed by atoms with Gasteiger partial charge in [0.15, 0.2) is 0 Å². The van der Waals surface area contributed by atoms with Gasteiger partial charge in [-0.25, -0.2) is 4.79 Å². The van der Waals surface area contributed by atoms with Gasteiger partial charge in [0.05, 0.1) is 7.11 Å². The van der Waals surface area contributed by atoms with Crippen molar-refractivity contribution in [1.82, 2.24) is 10.3 Å². The number of nitrogens with zero attached hydrogens (tertiary/aromatic N) is 1. The van der Waals surface area contributed by atoms with E-state index in [0.29, 0.717) is 5.56 Å². The van der Waals surface area contributed by atoms with E-state index in [1.807, 2.05) is 0 Å². The third kappa shape index (κ3) is 5.50. The molecule has 1 atom stereocenters. The van der Waals surface area contributed by atoms with E-state index in [-0.39, 0.29) is 17.4 Å². The summed E-state index contributed by atoms with van der Waals surface area (Å²) in [5.41, 5.74) is 3.78. The van der Waals surface area contributed by atoms with Crippen LogP contribution in [0.4, 0.5) is 0 Å². The van der Waals surface area contributed by atoms with Crippen LogP contribution in [0, 0.1) is 11.5 Å². The van der Waals surface area contributed by atoms with Gasteiger partial charge in [-0.15, -0.1) is 11.5 Å². The molecule has 0 aliphatic carbocycles. The molecule has 0 bridgehead atoms. The molecular formula is C18H26N2O3Si. The first-order valence-corrected chi connectivity index (χ1v) is 10.9. The smallest absolute Gasteiger partial charge is 0.329 e. The van der Waals surface area contributed by atoms with Crippen molar-refractivity contribution in [2.75, 3.05) is 7.11 Å². The summed E-state index contributed by atoms with van der Waals surface area (Å²) < 4.78 is 4.78. The zero-order valence-electron chi connectivity index (χ0n) is 15.3. The lowest BCUT2D eigenvalue weighted by molar-refractivity contribution is -0.142. The van der Waals surface area contributed by atoms with Crippen molar-refractivity contribution < 1.29 is 14.3 Å². The average molecular weight is 347 g/mol. The fourth-order valence-electron chi connectivity index (χ4n) is 1.64. The van der Waals surface area contributed by atoms with Crippen molar-refractivity contribution in [3.05, 3.63) is 30.1 Å². The van der Waals surface area contributed by atoms with Gasteiger partial charge < -0.3 is 10.1 Å². The van der Waals surface area contributed by atoms with Crippen molar-refractivity contribution in [3.63, 3.8) is 0 Å². The SMILES string of the molecule is COC(=O)[C@@H](CC#C[Si](C)(C)C(C)(C)C)NC(=O)c1ccncc1. The Morgan fingerprint density at radius 3 is 2.38 bits per heavy atom. The Balaban J connectivity index is 2.85.